The highest BCUT2D eigenvalue weighted by Crippen LogP contribution is 2.26. The number of benzene rings is 1. The van der Waals surface area contributed by atoms with Crippen LogP contribution in [-0.2, 0) is 0 Å². The molecule has 0 saturated carbocycles. The van der Waals surface area contributed by atoms with E-state index in [2.05, 4.69) is 10.1 Å². The van der Waals surface area contributed by atoms with Gasteiger partial charge in [-0.1, -0.05) is 23.7 Å². The third-order valence-electron chi connectivity index (χ3n) is 2.92. The van der Waals surface area contributed by atoms with Gasteiger partial charge in [-0.15, -0.1) is 0 Å². The second kappa shape index (κ2) is 5.13. The van der Waals surface area contributed by atoms with E-state index in [1.807, 2.05) is 50.4 Å². The first-order valence-electron chi connectivity index (χ1n) is 6.39. The average Bonchev–Trinajstić information content (AvgIpc) is 2.84. The fraction of sp³-hybridized carbons (Fsp3) is 0.200. The van der Waals surface area contributed by atoms with E-state index in [1.54, 1.807) is 4.52 Å². The zero-order chi connectivity index (χ0) is 14.1. The van der Waals surface area contributed by atoms with E-state index in [0.29, 0.717) is 5.15 Å². The van der Waals surface area contributed by atoms with Crippen molar-refractivity contribution in [2.75, 3.05) is 0 Å². The van der Waals surface area contributed by atoms with Gasteiger partial charge in [0.15, 0.2) is 5.15 Å². The Morgan fingerprint density at radius 1 is 1.15 bits per heavy atom. The molecule has 1 aromatic carbocycles. The standard InChI is InChI=1S/C15H14ClN3O/c1-10(2)20-13-5-3-11(4-6-13)12-7-14-15(16)17-9-18-19(14)8-12/h3-10H,1-2H3. The minimum Gasteiger partial charge on any atom is -0.491 e. The second-order valence-electron chi connectivity index (χ2n) is 4.80. The Kier molecular flexibility index (Phi) is 3.32. The molecule has 0 N–H and O–H groups in total. The van der Waals surface area contributed by atoms with Gasteiger partial charge in [0.05, 0.1) is 6.10 Å². The normalized spacial score (nSPS) is 11.2. The average molecular weight is 288 g/mol. The Labute approximate surface area is 122 Å². The first-order chi connectivity index (χ1) is 9.63. The number of halogens is 1. The van der Waals surface area contributed by atoms with Crippen LogP contribution in [0.25, 0.3) is 16.6 Å². The quantitative estimate of drug-likeness (QED) is 0.735. The predicted octanol–water partition coefficient (Wildman–Crippen LogP) is 3.84. The number of aromatic nitrogens is 3. The SMILES string of the molecule is CC(C)Oc1ccc(-c2cc3c(Cl)ncnn3c2)cc1. The molecule has 0 spiro atoms. The van der Waals surface area contributed by atoms with Gasteiger partial charge in [0.1, 0.15) is 17.6 Å². The summed E-state index contributed by atoms with van der Waals surface area (Å²) in [6.07, 6.45) is 3.55. The van der Waals surface area contributed by atoms with Crippen LogP contribution < -0.4 is 4.74 Å². The lowest BCUT2D eigenvalue weighted by atomic mass is 10.1. The minimum atomic E-state index is 0.173. The minimum absolute atomic E-state index is 0.173. The Morgan fingerprint density at radius 2 is 1.90 bits per heavy atom. The highest BCUT2D eigenvalue weighted by molar-refractivity contribution is 6.32. The van der Waals surface area contributed by atoms with E-state index in [1.165, 1.54) is 6.33 Å². The molecule has 0 amide bonds. The second-order valence-corrected chi connectivity index (χ2v) is 5.16. The van der Waals surface area contributed by atoms with E-state index >= 15 is 0 Å². The molecule has 102 valence electrons. The van der Waals surface area contributed by atoms with E-state index in [4.69, 9.17) is 16.3 Å². The van der Waals surface area contributed by atoms with Crippen LogP contribution in [0.3, 0.4) is 0 Å². The number of hydrogen-bond acceptors (Lipinski definition) is 3. The number of fused-ring (bicyclic) bond motifs is 1. The van der Waals surface area contributed by atoms with Crippen molar-refractivity contribution >= 4 is 17.1 Å². The van der Waals surface area contributed by atoms with Crippen LogP contribution in [0.15, 0.2) is 42.9 Å². The van der Waals surface area contributed by atoms with Gasteiger partial charge >= 0.3 is 0 Å². The highest BCUT2D eigenvalue weighted by Gasteiger charge is 2.07. The summed E-state index contributed by atoms with van der Waals surface area (Å²) >= 11 is 6.05. The third-order valence-corrected chi connectivity index (χ3v) is 3.21. The molecule has 0 fully saturated rings. The molecule has 0 bridgehead atoms. The van der Waals surface area contributed by atoms with Crippen LogP contribution >= 0.6 is 11.6 Å². The van der Waals surface area contributed by atoms with Crippen molar-refractivity contribution in [2.45, 2.75) is 20.0 Å². The molecule has 5 heteroatoms. The van der Waals surface area contributed by atoms with Gasteiger partial charge in [0, 0.05) is 11.8 Å². The summed E-state index contributed by atoms with van der Waals surface area (Å²) in [5, 5.41) is 4.59. The van der Waals surface area contributed by atoms with E-state index in [0.717, 1.165) is 22.4 Å². The molecule has 0 atom stereocenters. The smallest absolute Gasteiger partial charge is 0.156 e. The van der Waals surface area contributed by atoms with Gasteiger partial charge in [-0.2, -0.15) is 5.10 Å². The largest absolute Gasteiger partial charge is 0.491 e. The molecule has 4 nitrogen and oxygen atoms in total. The Bertz CT molecular complexity index is 734. The molecule has 0 aliphatic rings. The fourth-order valence-electron chi connectivity index (χ4n) is 2.06. The lowest BCUT2D eigenvalue weighted by molar-refractivity contribution is 0.242. The van der Waals surface area contributed by atoms with E-state index in [9.17, 15) is 0 Å². The summed E-state index contributed by atoms with van der Waals surface area (Å²) in [5.74, 6) is 0.866. The summed E-state index contributed by atoms with van der Waals surface area (Å²) in [6.45, 7) is 4.02. The number of rotatable bonds is 3. The van der Waals surface area contributed by atoms with Crippen LogP contribution in [0.2, 0.25) is 5.15 Å². The van der Waals surface area contributed by atoms with E-state index in [-0.39, 0.29) is 6.10 Å². The van der Waals surface area contributed by atoms with Crippen molar-refractivity contribution < 1.29 is 4.74 Å². The lowest BCUT2D eigenvalue weighted by Gasteiger charge is -2.09. The summed E-state index contributed by atoms with van der Waals surface area (Å²) in [7, 11) is 0. The lowest BCUT2D eigenvalue weighted by Crippen LogP contribution is -2.05. The molecule has 2 heterocycles. The first-order valence-corrected chi connectivity index (χ1v) is 6.77. The van der Waals surface area contributed by atoms with Crippen molar-refractivity contribution in [3.05, 3.63) is 48.0 Å². The predicted molar refractivity (Wildman–Crippen MR) is 79.2 cm³/mol. The third kappa shape index (κ3) is 2.47. The highest BCUT2D eigenvalue weighted by atomic mass is 35.5. The summed E-state index contributed by atoms with van der Waals surface area (Å²) in [6, 6.07) is 9.94. The number of hydrogen-bond donors (Lipinski definition) is 0. The van der Waals surface area contributed by atoms with Gasteiger partial charge in [0.25, 0.3) is 0 Å². The van der Waals surface area contributed by atoms with Gasteiger partial charge < -0.3 is 4.74 Å². The molecule has 20 heavy (non-hydrogen) atoms. The summed E-state index contributed by atoms with van der Waals surface area (Å²) < 4.78 is 7.36. The Balaban J connectivity index is 1.96. The summed E-state index contributed by atoms with van der Waals surface area (Å²) in [5.41, 5.74) is 2.93. The topological polar surface area (TPSA) is 39.4 Å². The molecule has 0 aliphatic carbocycles. The van der Waals surface area contributed by atoms with Gasteiger partial charge in [-0.25, -0.2) is 9.50 Å². The van der Waals surface area contributed by atoms with Gasteiger partial charge in [0.2, 0.25) is 0 Å². The molecule has 0 saturated heterocycles. The molecular weight excluding hydrogens is 274 g/mol. The Hall–Kier alpha value is -2.07. The number of nitrogens with zero attached hydrogens (tertiary/aromatic N) is 3. The number of ether oxygens (including phenoxy) is 1. The zero-order valence-corrected chi connectivity index (χ0v) is 12.0. The summed E-state index contributed by atoms with van der Waals surface area (Å²) in [4.78, 5) is 3.97. The van der Waals surface area contributed by atoms with Crippen molar-refractivity contribution in [1.82, 2.24) is 14.6 Å². The maximum absolute atomic E-state index is 6.05. The fourth-order valence-corrected chi connectivity index (χ4v) is 2.24. The maximum Gasteiger partial charge on any atom is 0.156 e. The molecular formula is C15H14ClN3O. The van der Waals surface area contributed by atoms with Crippen LogP contribution in [0.4, 0.5) is 0 Å². The van der Waals surface area contributed by atoms with Crippen molar-refractivity contribution in [2.24, 2.45) is 0 Å². The van der Waals surface area contributed by atoms with Crippen LogP contribution in [0, 0.1) is 0 Å². The molecule has 0 aliphatic heterocycles. The van der Waals surface area contributed by atoms with Crippen LogP contribution in [0.5, 0.6) is 5.75 Å². The maximum atomic E-state index is 6.05. The molecule has 0 radical (unpaired) electrons. The molecule has 3 rings (SSSR count). The first kappa shape index (κ1) is 12.9. The van der Waals surface area contributed by atoms with Crippen molar-refractivity contribution in [3.8, 4) is 16.9 Å². The van der Waals surface area contributed by atoms with Gasteiger partial charge in [-0.3, -0.25) is 0 Å². The molecule has 0 unspecified atom stereocenters. The van der Waals surface area contributed by atoms with Gasteiger partial charge in [-0.05, 0) is 37.6 Å². The van der Waals surface area contributed by atoms with E-state index < -0.39 is 0 Å². The monoisotopic (exact) mass is 287 g/mol. The van der Waals surface area contributed by atoms with Crippen molar-refractivity contribution in [3.63, 3.8) is 0 Å². The molecule has 3 aromatic rings. The van der Waals surface area contributed by atoms with Crippen LogP contribution in [0.1, 0.15) is 13.8 Å². The van der Waals surface area contributed by atoms with Crippen molar-refractivity contribution in [1.29, 1.82) is 0 Å². The van der Waals surface area contributed by atoms with Crippen LogP contribution in [-0.4, -0.2) is 20.7 Å². The zero-order valence-electron chi connectivity index (χ0n) is 11.2. The molecule has 2 aromatic heterocycles. The Morgan fingerprint density at radius 3 is 2.55 bits per heavy atom.